The number of rotatable bonds is 3. The summed E-state index contributed by atoms with van der Waals surface area (Å²) in [7, 11) is 0. The molecule has 0 saturated heterocycles. The number of hydrogen-bond donors (Lipinski definition) is 2. The summed E-state index contributed by atoms with van der Waals surface area (Å²) >= 11 is 0. The maximum Gasteiger partial charge on any atom is 0.328 e. The lowest BCUT2D eigenvalue weighted by Crippen LogP contribution is -2.28. The number of aromatic nitrogens is 2. The first-order valence-electron chi connectivity index (χ1n) is 4.64. The molecule has 2 atom stereocenters. The maximum atomic E-state index is 11.3. The van der Waals surface area contributed by atoms with Crippen molar-refractivity contribution in [3.8, 4) is 0 Å². The second-order valence-corrected chi connectivity index (χ2v) is 3.59. The van der Waals surface area contributed by atoms with E-state index >= 15 is 0 Å². The molecule has 0 bridgehead atoms. The van der Waals surface area contributed by atoms with Crippen LogP contribution in [-0.4, -0.2) is 21.3 Å². The SMILES string of the molecule is O=c1ccn([C@H]2C[C@H]2CCO)c(=O)[nH]1. The van der Waals surface area contributed by atoms with Gasteiger partial charge in [0.25, 0.3) is 5.56 Å². The fraction of sp³-hybridized carbons (Fsp3) is 0.556. The highest BCUT2D eigenvalue weighted by Gasteiger charge is 2.38. The molecule has 1 aliphatic rings. The number of nitrogens with one attached hydrogen (secondary N) is 1. The van der Waals surface area contributed by atoms with Crippen LogP contribution in [0.25, 0.3) is 0 Å². The van der Waals surface area contributed by atoms with E-state index in [1.54, 1.807) is 0 Å². The van der Waals surface area contributed by atoms with E-state index in [2.05, 4.69) is 4.98 Å². The molecule has 0 aromatic carbocycles. The Morgan fingerprint density at radius 1 is 1.57 bits per heavy atom. The Morgan fingerprint density at radius 3 is 3.00 bits per heavy atom. The first-order chi connectivity index (χ1) is 6.72. The first-order valence-corrected chi connectivity index (χ1v) is 4.64. The number of hydrogen-bond acceptors (Lipinski definition) is 3. The van der Waals surface area contributed by atoms with Crippen molar-refractivity contribution < 1.29 is 5.11 Å². The third-order valence-electron chi connectivity index (χ3n) is 2.59. The quantitative estimate of drug-likeness (QED) is 0.683. The molecule has 0 spiro atoms. The predicted octanol–water partition coefficient (Wildman–Crippen LogP) is -0.520. The van der Waals surface area contributed by atoms with Crippen molar-refractivity contribution >= 4 is 0 Å². The van der Waals surface area contributed by atoms with E-state index in [1.807, 2.05) is 0 Å². The van der Waals surface area contributed by atoms with Gasteiger partial charge in [0.15, 0.2) is 0 Å². The van der Waals surface area contributed by atoms with Crippen LogP contribution in [0, 0.1) is 5.92 Å². The van der Waals surface area contributed by atoms with Crippen molar-refractivity contribution in [3.63, 3.8) is 0 Å². The lowest BCUT2D eigenvalue weighted by Gasteiger charge is -2.01. The molecule has 0 unspecified atom stereocenters. The van der Waals surface area contributed by atoms with Crippen molar-refractivity contribution in [2.75, 3.05) is 6.61 Å². The zero-order valence-electron chi connectivity index (χ0n) is 7.64. The van der Waals surface area contributed by atoms with E-state index in [1.165, 1.54) is 16.8 Å². The van der Waals surface area contributed by atoms with Gasteiger partial charge in [0.05, 0.1) is 0 Å². The van der Waals surface area contributed by atoms with E-state index in [4.69, 9.17) is 5.11 Å². The summed E-state index contributed by atoms with van der Waals surface area (Å²) in [5, 5.41) is 8.71. The van der Waals surface area contributed by atoms with E-state index < -0.39 is 0 Å². The summed E-state index contributed by atoms with van der Waals surface area (Å²) in [6.45, 7) is 0.152. The van der Waals surface area contributed by atoms with Crippen molar-refractivity contribution in [2.24, 2.45) is 5.92 Å². The Kier molecular flexibility index (Phi) is 2.25. The van der Waals surface area contributed by atoms with Gasteiger partial charge in [-0.05, 0) is 18.8 Å². The van der Waals surface area contributed by atoms with Gasteiger partial charge in [-0.15, -0.1) is 0 Å². The zero-order chi connectivity index (χ0) is 10.1. The van der Waals surface area contributed by atoms with Gasteiger partial charge in [-0.2, -0.15) is 0 Å². The van der Waals surface area contributed by atoms with Gasteiger partial charge < -0.3 is 5.11 Å². The van der Waals surface area contributed by atoms with Crippen LogP contribution in [0.2, 0.25) is 0 Å². The van der Waals surface area contributed by atoms with Crippen LogP contribution in [0.4, 0.5) is 0 Å². The molecule has 0 aliphatic heterocycles. The Hall–Kier alpha value is -1.36. The highest BCUT2D eigenvalue weighted by Crippen LogP contribution is 2.44. The molecule has 1 aromatic heterocycles. The summed E-state index contributed by atoms with van der Waals surface area (Å²) in [6, 6.07) is 1.50. The summed E-state index contributed by atoms with van der Waals surface area (Å²) in [5.74, 6) is 0.378. The van der Waals surface area contributed by atoms with Gasteiger partial charge in [-0.1, -0.05) is 0 Å². The number of nitrogens with zero attached hydrogens (tertiary/aromatic N) is 1. The normalized spacial score (nSPS) is 24.9. The van der Waals surface area contributed by atoms with E-state index in [9.17, 15) is 9.59 Å². The van der Waals surface area contributed by atoms with Gasteiger partial charge in [-0.25, -0.2) is 4.79 Å². The topological polar surface area (TPSA) is 75.1 Å². The predicted molar refractivity (Wildman–Crippen MR) is 50.2 cm³/mol. The minimum Gasteiger partial charge on any atom is -0.396 e. The standard InChI is InChI=1S/C9H12N2O3/c12-4-2-6-5-7(6)11-3-1-8(13)10-9(11)14/h1,3,6-7,12H,2,4-5H2,(H,10,13,14)/t6-,7+/m1/s1. The maximum absolute atomic E-state index is 11.3. The van der Waals surface area contributed by atoms with Crippen LogP contribution >= 0.6 is 0 Å². The smallest absolute Gasteiger partial charge is 0.328 e. The molecule has 1 saturated carbocycles. The van der Waals surface area contributed by atoms with E-state index in [-0.39, 0.29) is 23.9 Å². The number of aliphatic hydroxyl groups is 1. The van der Waals surface area contributed by atoms with Gasteiger partial charge >= 0.3 is 5.69 Å². The lowest BCUT2D eigenvalue weighted by atomic mass is 10.3. The number of aliphatic hydroxyl groups excluding tert-OH is 1. The van der Waals surface area contributed by atoms with Crippen LogP contribution in [0.1, 0.15) is 18.9 Å². The second kappa shape index (κ2) is 3.42. The molecule has 1 fully saturated rings. The molecule has 1 heterocycles. The van der Waals surface area contributed by atoms with E-state index in [0.717, 1.165) is 12.8 Å². The Bertz CT molecular complexity index is 434. The molecule has 5 nitrogen and oxygen atoms in total. The number of aromatic amines is 1. The average molecular weight is 196 g/mol. The second-order valence-electron chi connectivity index (χ2n) is 3.59. The van der Waals surface area contributed by atoms with Gasteiger partial charge in [0.1, 0.15) is 0 Å². The molecule has 1 aliphatic carbocycles. The molecule has 5 heteroatoms. The van der Waals surface area contributed by atoms with Crippen molar-refractivity contribution in [3.05, 3.63) is 33.1 Å². The summed E-state index contributed by atoms with van der Waals surface area (Å²) in [5.41, 5.74) is -0.728. The van der Waals surface area contributed by atoms with Crippen LogP contribution in [-0.2, 0) is 0 Å². The van der Waals surface area contributed by atoms with Crippen molar-refractivity contribution in [2.45, 2.75) is 18.9 Å². The van der Waals surface area contributed by atoms with Crippen LogP contribution in [0.3, 0.4) is 0 Å². The Morgan fingerprint density at radius 2 is 2.36 bits per heavy atom. The van der Waals surface area contributed by atoms with Crippen LogP contribution < -0.4 is 11.2 Å². The summed E-state index contributed by atoms with van der Waals surface area (Å²) < 4.78 is 1.53. The third-order valence-corrected chi connectivity index (χ3v) is 2.59. The highest BCUT2D eigenvalue weighted by molar-refractivity contribution is 4.96. The highest BCUT2D eigenvalue weighted by atomic mass is 16.3. The van der Waals surface area contributed by atoms with Crippen molar-refractivity contribution in [1.82, 2.24) is 9.55 Å². The Balaban J connectivity index is 2.19. The largest absolute Gasteiger partial charge is 0.396 e. The molecule has 0 amide bonds. The van der Waals surface area contributed by atoms with Crippen LogP contribution in [0.15, 0.2) is 21.9 Å². The van der Waals surface area contributed by atoms with Crippen LogP contribution in [0.5, 0.6) is 0 Å². The minimum absolute atomic E-state index is 0.152. The van der Waals surface area contributed by atoms with Gasteiger partial charge in [0, 0.05) is 24.9 Å². The average Bonchev–Trinajstić information content (AvgIpc) is 2.84. The third kappa shape index (κ3) is 1.63. The molecule has 76 valence electrons. The molecule has 2 N–H and O–H groups in total. The Labute approximate surface area is 80.0 Å². The van der Waals surface area contributed by atoms with Gasteiger partial charge in [-0.3, -0.25) is 14.3 Å². The summed E-state index contributed by atoms with van der Waals surface area (Å²) in [4.78, 5) is 24.3. The van der Waals surface area contributed by atoms with E-state index in [0.29, 0.717) is 5.92 Å². The monoisotopic (exact) mass is 196 g/mol. The molecule has 2 rings (SSSR count). The molecule has 0 radical (unpaired) electrons. The molecule has 1 aromatic rings. The fourth-order valence-electron chi connectivity index (χ4n) is 1.74. The first kappa shape index (κ1) is 9.21. The fourth-order valence-corrected chi connectivity index (χ4v) is 1.74. The lowest BCUT2D eigenvalue weighted by molar-refractivity contribution is 0.276. The summed E-state index contributed by atoms with van der Waals surface area (Å²) in [6.07, 6.45) is 3.14. The molecule has 14 heavy (non-hydrogen) atoms. The number of H-pyrrole nitrogens is 1. The molecular formula is C9H12N2O3. The van der Waals surface area contributed by atoms with Crippen molar-refractivity contribution in [1.29, 1.82) is 0 Å². The minimum atomic E-state index is -0.370. The molecular weight excluding hydrogens is 184 g/mol. The zero-order valence-corrected chi connectivity index (χ0v) is 7.64. The van der Waals surface area contributed by atoms with Gasteiger partial charge in [0.2, 0.25) is 0 Å².